The molecule has 0 heterocycles. The first-order chi connectivity index (χ1) is 9.73. The molecule has 1 saturated carbocycles. The molecule has 2 unspecified atom stereocenters. The van der Waals surface area contributed by atoms with Crippen LogP contribution in [0, 0.1) is 5.92 Å². The van der Waals surface area contributed by atoms with Gasteiger partial charge in [-0.1, -0.05) is 26.2 Å². The number of carbonyl (C=O) groups excluding carboxylic acids is 1. The summed E-state index contributed by atoms with van der Waals surface area (Å²) in [7, 11) is 0. The standard InChI is InChI=1S/C13H21F3N2O3/c1-2-9-5-3-4-6-10(9)17-12(21)18(7-11(19)20)8-13(14,15)16/h9-10H,2-8H2,1H3,(H,17,21)(H,19,20). The molecule has 0 bridgehead atoms. The van der Waals surface area contributed by atoms with Crippen LogP contribution in [0.3, 0.4) is 0 Å². The molecule has 8 heteroatoms. The van der Waals surface area contributed by atoms with Crippen molar-refractivity contribution in [2.75, 3.05) is 13.1 Å². The summed E-state index contributed by atoms with van der Waals surface area (Å²) in [5.74, 6) is -1.23. The number of rotatable bonds is 5. The third-order valence-corrected chi connectivity index (χ3v) is 3.73. The summed E-state index contributed by atoms with van der Waals surface area (Å²) in [5.41, 5.74) is 0. The number of alkyl halides is 3. The summed E-state index contributed by atoms with van der Waals surface area (Å²) in [6.45, 7) is -0.552. The Kier molecular flexibility index (Phi) is 6.29. The third kappa shape index (κ3) is 6.22. The second-order valence-electron chi connectivity index (χ2n) is 5.37. The Hall–Kier alpha value is -1.47. The van der Waals surface area contributed by atoms with E-state index in [4.69, 9.17) is 5.11 Å². The highest BCUT2D eigenvalue weighted by Gasteiger charge is 2.35. The fourth-order valence-corrected chi connectivity index (χ4v) is 2.72. The molecule has 5 nitrogen and oxygen atoms in total. The van der Waals surface area contributed by atoms with Crippen molar-refractivity contribution in [1.29, 1.82) is 0 Å². The van der Waals surface area contributed by atoms with E-state index in [0.29, 0.717) is 4.90 Å². The summed E-state index contributed by atoms with van der Waals surface area (Å²) in [5, 5.41) is 11.2. The predicted octanol–water partition coefficient (Wildman–Crippen LogP) is 2.61. The minimum Gasteiger partial charge on any atom is -0.480 e. The average molecular weight is 310 g/mol. The molecular formula is C13H21F3N2O3. The normalized spacial score (nSPS) is 22.7. The molecule has 0 spiro atoms. The van der Waals surface area contributed by atoms with Crippen LogP contribution in [-0.2, 0) is 4.79 Å². The lowest BCUT2D eigenvalue weighted by Gasteiger charge is -2.33. The topological polar surface area (TPSA) is 69.6 Å². The second kappa shape index (κ2) is 7.51. The molecule has 0 saturated heterocycles. The number of carboxylic acid groups (broad SMARTS) is 1. The van der Waals surface area contributed by atoms with Crippen molar-refractivity contribution < 1.29 is 27.9 Å². The molecule has 122 valence electrons. The van der Waals surface area contributed by atoms with Crippen molar-refractivity contribution in [3.8, 4) is 0 Å². The number of urea groups is 1. The largest absolute Gasteiger partial charge is 0.480 e. The SMILES string of the molecule is CCC1CCCCC1NC(=O)N(CC(=O)O)CC(F)(F)F. The summed E-state index contributed by atoms with van der Waals surface area (Å²) in [6, 6.07) is -1.14. The highest BCUT2D eigenvalue weighted by atomic mass is 19.4. The fourth-order valence-electron chi connectivity index (χ4n) is 2.72. The van der Waals surface area contributed by atoms with Crippen LogP contribution < -0.4 is 5.32 Å². The van der Waals surface area contributed by atoms with Gasteiger partial charge in [0, 0.05) is 6.04 Å². The van der Waals surface area contributed by atoms with Crippen molar-refractivity contribution in [2.24, 2.45) is 5.92 Å². The highest BCUT2D eigenvalue weighted by molar-refractivity contribution is 5.80. The van der Waals surface area contributed by atoms with Crippen molar-refractivity contribution in [3.63, 3.8) is 0 Å². The second-order valence-corrected chi connectivity index (χ2v) is 5.37. The number of nitrogens with zero attached hydrogens (tertiary/aromatic N) is 1. The first kappa shape index (κ1) is 17.6. The molecule has 0 aliphatic heterocycles. The number of carbonyl (C=O) groups is 2. The van der Waals surface area contributed by atoms with E-state index in [9.17, 15) is 22.8 Å². The van der Waals surface area contributed by atoms with E-state index >= 15 is 0 Å². The first-order valence-corrected chi connectivity index (χ1v) is 7.07. The lowest BCUT2D eigenvalue weighted by Crippen LogP contribution is -2.52. The number of hydrogen-bond donors (Lipinski definition) is 2. The van der Waals surface area contributed by atoms with Gasteiger partial charge in [0.15, 0.2) is 0 Å². The molecule has 1 fully saturated rings. The zero-order chi connectivity index (χ0) is 16.0. The maximum Gasteiger partial charge on any atom is 0.406 e. The van der Waals surface area contributed by atoms with Crippen LogP contribution in [0.4, 0.5) is 18.0 Å². The Morgan fingerprint density at radius 1 is 1.29 bits per heavy atom. The van der Waals surface area contributed by atoms with Crippen LogP contribution in [0.1, 0.15) is 39.0 Å². The Morgan fingerprint density at radius 2 is 1.90 bits per heavy atom. The van der Waals surface area contributed by atoms with E-state index in [1.807, 2.05) is 6.92 Å². The number of nitrogens with one attached hydrogen (secondary N) is 1. The molecule has 0 aromatic carbocycles. The highest BCUT2D eigenvalue weighted by Crippen LogP contribution is 2.27. The van der Waals surface area contributed by atoms with E-state index in [-0.39, 0.29) is 12.0 Å². The summed E-state index contributed by atoms with van der Waals surface area (Å²) < 4.78 is 37.3. The molecule has 2 atom stereocenters. The molecule has 2 N–H and O–H groups in total. The third-order valence-electron chi connectivity index (χ3n) is 3.73. The minimum absolute atomic E-state index is 0.180. The van der Waals surface area contributed by atoms with Gasteiger partial charge in [0.1, 0.15) is 13.1 Å². The minimum atomic E-state index is -4.62. The molecule has 0 aromatic heterocycles. The van der Waals surface area contributed by atoms with Crippen LogP contribution >= 0.6 is 0 Å². The smallest absolute Gasteiger partial charge is 0.406 e. The molecule has 0 aromatic rings. The van der Waals surface area contributed by atoms with Crippen LogP contribution in [-0.4, -0.2) is 47.3 Å². The van der Waals surface area contributed by atoms with Gasteiger partial charge in [-0.05, 0) is 18.8 Å². The maximum absolute atomic E-state index is 12.4. The van der Waals surface area contributed by atoms with E-state index in [2.05, 4.69) is 5.32 Å². The van der Waals surface area contributed by atoms with Crippen LogP contribution in [0.2, 0.25) is 0 Å². The zero-order valence-corrected chi connectivity index (χ0v) is 11.9. The molecule has 1 rings (SSSR count). The number of halogens is 3. The quantitative estimate of drug-likeness (QED) is 0.820. The predicted molar refractivity (Wildman–Crippen MR) is 69.8 cm³/mol. The van der Waals surface area contributed by atoms with Gasteiger partial charge < -0.3 is 15.3 Å². The molecule has 0 radical (unpaired) electrons. The van der Waals surface area contributed by atoms with Crippen LogP contribution in [0.15, 0.2) is 0 Å². The zero-order valence-electron chi connectivity index (χ0n) is 11.9. The van der Waals surface area contributed by atoms with Crippen molar-refractivity contribution in [2.45, 2.75) is 51.2 Å². The van der Waals surface area contributed by atoms with Gasteiger partial charge in [-0.2, -0.15) is 13.2 Å². The molecular weight excluding hydrogens is 289 g/mol. The van der Waals surface area contributed by atoms with Gasteiger partial charge >= 0.3 is 18.2 Å². The molecule has 1 aliphatic rings. The van der Waals surface area contributed by atoms with Crippen LogP contribution in [0.25, 0.3) is 0 Å². The van der Waals surface area contributed by atoms with Crippen molar-refractivity contribution in [1.82, 2.24) is 10.2 Å². The van der Waals surface area contributed by atoms with E-state index in [1.165, 1.54) is 0 Å². The van der Waals surface area contributed by atoms with Gasteiger partial charge in [-0.15, -0.1) is 0 Å². The summed E-state index contributed by atoms with van der Waals surface area (Å²) in [4.78, 5) is 22.9. The van der Waals surface area contributed by atoms with Gasteiger partial charge in [0.05, 0.1) is 0 Å². The average Bonchev–Trinajstić information content (AvgIpc) is 2.36. The maximum atomic E-state index is 12.4. The van der Waals surface area contributed by atoms with Gasteiger partial charge in [0.25, 0.3) is 0 Å². The van der Waals surface area contributed by atoms with Crippen LogP contribution in [0.5, 0.6) is 0 Å². The summed E-state index contributed by atoms with van der Waals surface area (Å²) >= 11 is 0. The van der Waals surface area contributed by atoms with E-state index in [1.54, 1.807) is 0 Å². The number of aliphatic carboxylic acids is 1. The van der Waals surface area contributed by atoms with Gasteiger partial charge in [-0.25, -0.2) is 4.79 Å². The first-order valence-electron chi connectivity index (χ1n) is 7.07. The van der Waals surface area contributed by atoms with Crippen molar-refractivity contribution >= 4 is 12.0 Å². The Balaban J connectivity index is 2.68. The van der Waals surface area contributed by atoms with E-state index in [0.717, 1.165) is 32.1 Å². The van der Waals surface area contributed by atoms with Gasteiger partial charge in [-0.3, -0.25) is 4.79 Å². The monoisotopic (exact) mass is 310 g/mol. The Labute approximate surface area is 121 Å². The van der Waals surface area contributed by atoms with E-state index < -0.39 is 31.3 Å². The lowest BCUT2D eigenvalue weighted by atomic mass is 9.83. The summed E-state index contributed by atoms with van der Waals surface area (Å²) in [6.07, 6.45) is -0.171. The number of amides is 2. The number of carboxylic acids is 1. The van der Waals surface area contributed by atoms with Gasteiger partial charge in [0.2, 0.25) is 0 Å². The molecule has 1 aliphatic carbocycles. The Morgan fingerprint density at radius 3 is 2.43 bits per heavy atom. The lowest BCUT2D eigenvalue weighted by molar-refractivity contribution is -0.149. The number of hydrogen-bond acceptors (Lipinski definition) is 2. The van der Waals surface area contributed by atoms with Crippen molar-refractivity contribution in [3.05, 3.63) is 0 Å². The molecule has 2 amide bonds. The fraction of sp³-hybridized carbons (Fsp3) is 0.846. The molecule has 21 heavy (non-hydrogen) atoms. The Bertz CT molecular complexity index is 374.